The molecule has 7 heteroatoms. The van der Waals surface area contributed by atoms with Crippen molar-refractivity contribution in [3.63, 3.8) is 0 Å². The molecule has 0 saturated carbocycles. The molecule has 0 bridgehead atoms. The Morgan fingerprint density at radius 1 is 1.11 bits per heavy atom. The Kier molecular flexibility index (Phi) is 6.51. The molecule has 6 nitrogen and oxygen atoms in total. The van der Waals surface area contributed by atoms with Gasteiger partial charge in [0.2, 0.25) is 0 Å². The minimum Gasteiger partial charge on any atom is -0.453 e. The third kappa shape index (κ3) is 7.21. The molecule has 0 spiro atoms. The summed E-state index contributed by atoms with van der Waals surface area (Å²) < 4.78 is 34.2. The number of nitrogens with one attached hydrogen (secondary N) is 1. The van der Waals surface area contributed by atoms with E-state index in [2.05, 4.69) is 5.32 Å². The Hall–Kier alpha value is -2.09. The molecule has 0 heterocycles. The van der Waals surface area contributed by atoms with Crippen LogP contribution in [0.5, 0.6) is 17.2 Å². The summed E-state index contributed by atoms with van der Waals surface area (Å²) in [6, 6.07) is 12.2. The van der Waals surface area contributed by atoms with Crippen molar-refractivity contribution in [3.8, 4) is 17.2 Å². The number of ether oxygens (including phenoxy) is 1. The summed E-state index contributed by atoms with van der Waals surface area (Å²) in [6.07, 6.45) is 0.146. The zero-order valence-corrected chi connectivity index (χ0v) is 17.1. The van der Waals surface area contributed by atoms with Gasteiger partial charge in [0, 0.05) is 12.1 Å². The molecule has 2 rings (SSSR count). The average molecular weight is 394 g/mol. The van der Waals surface area contributed by atoms with E-state index in [1.54, 1.807) is 18.2 Å². The van der Waals surface area contributed by atoms with Gasteiger partial charge in [-0.3, -0.25) is 0 Å². The van der Waals surface area contributed by atoms with E-state index in [0.717, 1.165) is 11.8 Å². The first-order valence-corrected chi connectivity index (χ1v) is 10.5. The van der Waals surface area contributed by atoms with Crippen LogP contribution in [0.1, 0.15) is 38.0 Å². The van der Waals surface area contributed by atoms with Gasteiger partial charge in [-0.25, -0.2) is 0 Å². The highest BCUT2D eigenvalue weighted by Gasteiger charge is 2.18. The minimum atomic E-state index is -3.76. The summed E-state index contributed by atoms with van der Waals surface area (Å²) >= 11 is 0. The van der Waals surface area contributed by atoms with Crippen LogP contribution in [0.15, 0.2) is 42.5 Å². The van der Waals surface area contributed by atoms with Crippen LogP contribution in [0.4, 0.5) is 0 Å². The van der Waals surface area contributed by atoms with Crippen LogP contribution in [0.3, 0.4) is 0 Å². The van der Waals surface area contributed by atoms with E-state index >= 15 is 0 Å². The highest BCUT2D eigenvalue weighted by molar-refractivity contribution is 7.86. The highest BCUT2D eigenvalue weighted by atomic mass is 32.2. The summed E-state index contributed by atoms with van der Waals surface area (Å²) in [5.74, 6) is 0.855. The number of aryl methyl sites for hydroxylation is 1. The molecule has 1 unspecified atom stereocenters. The Balaban J connectivity index is 2.31. The van der Waals surface area contributed by atoms with Crippen molar-refractivity contribution in [2.45, 2.75) is 39.3 Å². The van der Waals surface area contributed by atoms with Crippen molar-refractivity contribution in [1.29, 1.82) is 0 Å². The van der Waals surface area contributed by atoms with E-state index < -0.39 is 16.2 Å². The normalized spacial score (nSPS) is 13.3. The van der Waals surface area contributed by atoms with Crippen molar-refractivity contribution in [2.75, 3.05) is 12.8 Å². The van der Waals surface area contributed by atoms with Crippen molar-refractivity contribution >= 4 is 10.1 Å². The Morgan fingerprint density at radius 2 is 1.81 bits per heavy atom. The quantitative estimate of drug-likeness (QED) is 0.700. The summed E-state index contributed by atoms with van der Waals surface area (Å²) in [7, 11) is -3.76. The molecule has 27 heavy (non-hydrogen) atoms. The molecule has 0 amide bonds. The van der Waals surface area contributed by atoms with Crippen LogP contribution < -0.4 is 14.2 Å². The first kappa shape index (κ1) is 21.2. The van der Waals surface area contributed by atoms with Gasteiger partial charge in [0.15, 0.2) is 11.5 Å². The topological polar surface area (TPSA) is 84.9 Å². The lowest BCUT2D eigenvalue weighted by Crippen LogP contribution is -2.38. The number of rotatable bonds is 7. The first-order valence-electron chi connectivity index (χ1n) is 8.64. The second kappa shape index (κ2) is 8.29. The van der Waals surface area contributed by atoms with Crippen LogP contribution in [0.25, 0.3) is 0 Å². The second-order valence-electron chi connectivity index (χ2n) is 7.56. The fourth-order valence-electron chi connectivity index (χ4n) is 2.37. The minimum absolute atomic E-state index is 0.0336. The maximum Gasteiger partial charge on any atom is 0.306 e. The lowest BCUT2D eigenvalue weighted by atomic mass is 10.1. The SMILES string of the molecule is Cc1cccc(Oc2ccc(C(O)CNC(C)(C)C)cc2OS(C)(=O)=O)c1. The number of hydrogen-bond donors (Lipinski definition) is 2. The number of aliphatic hydroxyl groups is 1. The summed E-state index contributed by atoms with van der Waals surface area (Å²) in [6.45, 7) is 8.24. The van der Waals surface area contributed by atoms with Gasteiger partial charge in [-0.05, 0) is 63.1 Å². The van der Waals surface area contributed by atoms with Gasteiger partial charge >= 0.3 is 10.1 Å². The predicted octanol–water partition coefficient (Wildman–Crippen LogP) is 3.55. The van der Waals surface area contributed by atoms with Gasteiger partial charge in [0.25, 0.3) is 0 Å². The third-order valence-corrected chi connectivity index (χ3v) is 4.12. The number of hydrogen-bond acceptors (Lipinski definition) is 6. The van der Waals surface area contributed by atoms with Crippen LogP contribution in [0.2, 0.25) is 0 Å². The monoisotopic (exact) mass is 393 g/mol. The van der Waals surface area contributed by atoms with Gasteiger partial charge in [-0.15, -0.1) is 0 Å². The van der Waals surface area contributed by atoms with Crippen LogP contribution in [-0.2, 0) is 10.1 Å². The van der Waals surface area contributed by atoms with Gasteiger partial charge in [0.1, 0.15) is 5.75 Å². The van der Waals surface area contributed by atoms with Crippen LogP contribution in [-0.4, -0.2) is 31.9 Å². The van der Waals surface area contributed by atoms with Crippen molar-refractivity contribution in [2.24, 2.45) is 0 Å². The fourth-order valence-corrected chi connectivity index (χ4v) is 2.83. The molecule has 2 aromatic carbocycles. The molecule has 148 valence electrons. The Bertz CT molecular complexity index is 887. The molecule has 0 aliphatic carbocycles. The average Bonchev–Trinajstić information content (AvgIpc) is 2.52. The van der Waals surface area contributed by atoms with E-state index in [4.69, 9.17) is 8.92 Å². The van der Waals surface area contributed by atoms with E-state index in [0.29, 0.717) is 17.9 Å². The number of β-amino-alcohol motifs (C(OH)–C–C–N with tert-alkyl or cyclic N) is 1. The zero-order chi connectivity index (χ0) is 20.2. The van der Waals surface area contributed by atoms with Gasteiger partial charge in [-0.1, -0.05) is 18.2 Å². The van der Waals surface area contributed by atoms with Gasteiger partial charge in [0.05, 0.1) is 12.4 Å². The second-order valence-corrected chi connectivity index (χ2v) is 9.13. The smallest absolute Gasteiger partial charge is 0.306 e. The molecule has 0 radical (unpaired) electrons. The first-order chi connectivity index (χ1) is 12.4. The van der Waals surface area contributed by atoms with Gasteiger partial charge in [-0.2, -0.15) is 8.42 Å². The van der Waals surface area contributed by atoms with Crippen LogP contribution in [0, 0.1) is 6.92 Å². The third-order valence-electron chi connectivity index (χ3n) is 3.64. The van der Waals surface area contributed by atoms with Crippen molar-refractivity contribution < 1.29 is 22.4 Å². The summed E-state index contributed by atoms with van der Waals surface area (Å²) in [5.41, 5.74) is 1.39. The van der Waals surface area contributed by atoms with Gasteiger partial charge < -0.3 is 19.3 Å². The number of benzene rings is 2. The molecular weight excluding hydrogens is 366 g/mol. The van der Waals surface area contributed by atoms with Crippen molar-refractivity contribution in [1.82, 2.24) is 5.32 Å². The molecule has 0 aliphatic rings. The van der Waals surface area contributed by atoms with E-state index in [9.17, 15) is 13.5 Å². The maximum atomic E-state index is 11.6. The molecular formula is C20H27NO5S. The molecule has 2 aromatic rings. The lowest BCUT2D eigenvalue weighted by Gasteiger charge is -2.23. The van der Waals surface area contributed by atoms with Crippen LogP contribution >= 0.6 is 0 Å². The van der Waals surface area contributed by atoms with E-state index in [1.165, 1.54) is 6.07 Å². The Morgan fingerprint density at radius 3 is 2.41 bits per heavy atom. The molecule has 0 aliphatic heterocycles. The summed E-state index contributed by atoms with van der Waals surface area (Å²) in [5, 5.41) is 13.6. The Labute approximate surface area is 161 Å². The standard InChI is InChI=1S/C20H27NO5S/c1-14-7-6-8-16(11-14)25-18-10-9-15(12-19(18)26-27(5,23)24)17(22)13-21-20(2,3)4/h6-12,17,21-22H,13H2,1-5H3. The van der Waals surface area contributed by atoms with Crippen molar-refractivity contribution in [3.05, 3.63) is 53.6 Å². The molecule has 2 N–H and O–H groups in total. The number of aliphatic hydroxyl groups excluding tert-OH is 1. The van der Waals surface area contributed by atoms with E-state index in [1.807, 2.05) is 45.9 Å². The largest absolute Gasteiger partial charge is 0.453 e. The zero-order valence-electron chi connectivity index (χ0n) is 16.3. The lowest BCUT2D eigenvalue weighted by molar-refractivity contribution is 0.163. The molecule has 0 saturated heterocycles. The molecule has 0 aromatic heterocycles. The summed E-state index contributed by atoms with van der Waals surface area (Å²) in [4.78, 5) is 0. The van der Waals surface area contributed by atoms with E-state index in [-0.39, 0.29) is 17.0 Å². The molecule has 1 atom stereocenters. The maximum absolute atomic E-state index is 11.6. The highest BCUT2D eigenvalue weighted by Crippen LogP contribution is 2.35. The fraction of sp³-hybridized carbons (Fsp3) is 0.400. The molecule has 0 fully saturated rings. The predicted molar refractivity (Wildman–Crippen MR) is 106 cm³/mol.